The molecule has 0 aliphatic carbocycles. The molecule has 0 aliphatic heterocycles. The lowest BCUT2D eigenvalue weighted by Crippen LogP contribution is -2.04. The first-order chi connectivity index (χ1) is 14.1. The molecular formula is C19H19N5O4S. The molecule has 9 nitrogen and oxygen atoms in total. The molecule has 1 N–H and O–H groups in total. The minimum atomic E-state index is -0.481. The summed E-state index contributed by atoms with van der Waals surface area (Å²) in [5.41, 5.74) is 0.407. The van der Waals surface area contributed by atoms with Crippen molar-refractivity contribution in [1.29, 1.82) is 0 Å². The van der Waals surface area contributed by atoms with Crippen LogP contribution in [0.3, 0.4) is 0 Å². The van der Waals surface area contributed by atoms with E-state index in [4.69, 9.17) is 21.7 Å². The number of nitrogens with one attached hydrogen (secondary N) is 1. The highest BCUT2D eigenvalue weighted by Crippen LogP contribution is 2.27. The summed E-state index contributed by atoms with van der Waals surface area (Å²) < 4.78 is 12.8. The molecule has 0 radical (unpaired) electrons. The highest BCUT2D eigenvalue weighted by atomic mass is 32.1. The Morgan fingerprint density at radius 1 is 1.28 bits per heavy atom. The highest BCUT2D eigenvalue weighted by molar-refractivity contribution is 7.71. The van der Waals surface area contributed by atoms with Gasteiger partial charge in [-0.3, -0.25) is 10.1 Å². The fourth-order valence-corrected chi connectivity index (χ4v) is 2.62. The first kappa shape index (κ1) is 20.2. The number of hydrogen-bond acceptors (Lipinski definition) is 7. The minimum absolute atomic E-state index is 0.120. The van der Waals surface area contributed by atoms with E-state index < -0.39 is 4.92 Å². The van der Waals surface area contributed by atoms with E-state index in [1.807, 2.05) is 37.3 Å². The molecule has 150 valence electrons. The Balaban J connectivity index is 1.79. The number of hydrogen-bond donors (Lipinski definition) is 1. The Morgan fingerprint density at radius 3 is 2.79 bits per heavy atom. The van der Waals surface area contributed by atoms with Crippen LogP contribution in [0.2, 0.25) is 0 Å². The second kappa shape index (κ2) is 9.60. The van der Waals surface area contributed by atoms with Crippen molar-refractivity contribution in [1.82, 2.24) is 14.9 Å². The third kappa shape index (κ3) is 5.26. The van der Waals surface area contributed by atoms with Gasteiger partial charge in [0.25, 0.3) is 0 Å². The van der Waals surface area contributed by atoms with Gasteiger partial charge in [0.05, 0.1) is 17.7 Å². The summed E-state index contributed by atoms with van der Waals surface area (Å²) in [4.78, 5) is 10.8. The molecule has 1 heterocycles. The van der Waals surface area contributed by atoms with Crippen LogP contribution in [-0.4, -0.2) is 32.6 Å². The zero-order valence-corrected chi connectivity index (χ0v) is 16.5. The molecule has 3 rings (SSSR count). The summed E-state index contributed by atoms with van der Waals surface area (Å²) in [6.45, 7) is 2.49. The Hall–Kier alpha value is -3.53. The maximum absolute atomic E-state index is 11.3. The van der Waals surface area contributed by atoms with Crippen LogP contribution in [-0.2, 0) is 6.61 Å². The number of para-hydroxylation sites is 1. The standard InChI is InChI=1S/C19H19N5O4S/c1-2-10-27-17-9-8-14(11-16(17)24(25)26)12-20-23-18(21-22-19(23)29)13-28-15-6-4-3-5-7-15/h3-9,11-12H,2,10,13H2,1H3,(H,22,29)/b20-12-. The quantitative estimate of drug-likeness (QED) is 0.245. The molecule has 0 bridgehead atoms. The molecule has 0 spiro atoms. The van der Waals surface area contributed by atoms with Crippen LogP contribution in [0.5, 0.6) is 11.5 Å². The number of nitrogens with zero attached hydrogens (tertiary/aromatic N) is 4. The number of aromatic nitrogens is 3. The van der Waals surface area contributed by atoms with Crippen LogP contribution in [0.4, 0.5) is 5.69 Å². The van der Waals surface area contributed by atoms with Crippen LogP contribution < -0.4 is 9.47 Å². The maximum Gasteiger partial charge on any atom is 0.311 e. The monoisotopic (exact) mass is 413 g/mol. The van der Waals surface area contributed by atoms with Crippen molar-refractivity contribution >= 4 is 24.1 Å². The SMILES string of the molecule is CCCOc1ccc(/C=N\n2c(COc3ccccc3)n[nH]c2=S)cc1[N+](=O)[O-]. The Labute approximate surface area is 171 Å². The molecule has 0 amide bonds. The summed E-state index contributed by atoms with van der Waals surface area (Å²) in [6, 6.07) is 13.9. The highest BCUT2D eigenvalue weighted by Gasteiger charge is 2.15. The number of H-pyrrole nitrogens is 1. The van der Waals surface area contributed by atoms with Crippen LogP contribution in [0.1, 0.15) is 24.7 Å². The molecule has 0 fully saturated rings. The van der Waals surface area contributed by atoms with Gasteiger partial charge in [-0.05, 0) is 42.9 Å². The number of nitro groups is 1. The fourth-order valence-electron chi connectivity index (χ4n) is 2.42. The molecule has 0 atom stereocenters. The van der Waals surface area contributed by atoms with Crippen molar-refractivity contribution in [2.45, 2.75) is 20.0 Å². The van der Waals surface area contributed by atoms with Crippen LogP contribution in [0.25, 0.3) is 0 Å². The summed E-state index contributed by atoms with van der Waals surface area (Å²) in [6.07, 6.45) is 2.22. The second-order valence-electron chi connectivity index (χ2n) is 5.94. The first-order valence-electron chi connectivity index (χ1n) is 8.88. The third-order valence-corrected chi connectivity index (χ3v) is 4.06. The van der Waals surface area contributed by atoms with Gasteiger partial charge in [-0.15, -0.1) is 0 Å². The van der Waals surface area contributed by atoms with Gasteiger partial charge >= 0.3 is 5.69 Å². The number of rotatable bonds is 9. The number of nitro benzene ring substituents is 1. The van der Waals surface area contributed by atoms with Crippen LogP contribution in [0, 0.1) is 14.9 Å². The van der Waals surface area contributed by atoms with E-state index in [-0.39, 0.29) is 22.8 Å². The van der Waals surface area contributed by atoms with E-state index in [2.05, 4.69) is 15.3 Å². The molecule has 2 aromatic carbocycles. The van der Waals surface area contributed by atoms with Gasteiger partial charge in [0, 0.05) is 11.6 Å². The van der Waals surface area contributed by atoms with Crippen molar-refractivity contribution in [3.8, 4) is 11.5 Å². The normalized spacial score (nSPS) is 10.9. The summed E-state index contributed by atoms with van der Waals surface area (Å²) >= 11 is 5.20. The molecule has 3 aromatic rings. The number of ether oxygens (including phenoxy) is 2. The maximum atomic E-state index is 11.3. The summed E-state index contributed by atoms with van der Waals surface area (Å²) in [5, 5.41) is 22.4. The average molecular weight is 413 g/mol. The molecule has 0 saturated carbocycles. The summed E-state index contributed by atoms with van der Waals surface area (Å²) in [5.74, 6) is 1.38. The number of benzene rings is 2. The predicted molar refractivity (Wildman–Crippen MR) is 110 cm³/mol. The second-order valence-corrected chi connectivity index (χ2v) is 6.32. The Bertz CT molecular complexity index is 1060. The van der Waals surface area contributed by atoms with Crippen molar-refractivity contribution in [3.05, 3.63) is 74.8 Å². The summed E-state index contributed by atoms with van der Waals surface area (Å²) in [7, 11) is 0. The lowest BCUT2D eigenvalue weighted by Gasteiger charge is -2.06. The van der Waals surface area contributed by atoms with E-state index in [0.29, 0.717) is 23.7 Å². The van der Waals surface area contributed by atoms with Gasteiger partial charge < -0.3 is 9.47 Å². The van der Waals surface area contributed by atoms with Gasteiger partial charge in [-0.25, -0.2) is 5.10 Å². The number of aromatic amines is 1. The predicted octanol–water partition coefficient (Wildman–Crippen LogP) is 4.10. The molecular weight excluding hydrogens is 394 g/mol. The molecule has 0 aliphatic rings. The van der Waals surface area contributed by atoms with E-state index in [1.54, 1.807) is 12.1 Å². The molecule has 0 unspecified atom stereocenters. The van der Waals surface area contributed by atoms with E-state index in [1.165, 1.54) is 17.0 Å². The molecule has 29 heavy (non-hydrogen) atoms. The van der Waals surface area contributed by atoms with Gasteiger partial charge in [0.1, 0.15) is 12.4 Å². The van der Waals surface area contributed by atoms with E-state index in [0.717, 1.165) is 6.42 Å². The Kier molecular flexibility index (Phi) is 6.69. The zero-order chi connectivity index (χ0) is 20.6. The van der Waals surface area contributed by atoms with E-state index >= 15 is 0 Å². The largest absolute Gasteiger partial charge is 0.487 e. The van der Waals surface area contributed by atoms with Gasteiger partial charge in [-0.2, -0.15) is 14.9 Å². The van der Waals surface area contributed by atoms with Gasteiger partial charge in [-0.1, -0.05) is 25.1 Å². The molecule has 1 aromatic heterocycles. The van der Waals surface area contributed by atoms with Crippen molar-refractivity contribution in [2.24, 2.45) is 5.10 Å². The lowest BCUT2D eigenvalue weighted by molar-refractivity contribution is -0.385. The average Bonchev–Trinajstić information content (AvgIpc) is 3.09. The minimum Gasteiger partial charge on any atom is -0.487 e. The van der Waals surface area contributed by atoms with Crippen molar-refractivity contribution in [3.63, 3.8) is 0 Å². The van der Waals surface area contributed by atoms with Crippen molar-refractivity contribution < 1.29 is 14.4 Å². The first-order valence-corrected chi connectivity index (χ1v) is 9.29. The fraction of sp³-hybridized carbons (Fsp3) is 0.211. The molecule has 0 saturated heterocycles. The van der Waals surface area contributed by atoms with Gasteiger partial charge in [0.2, 0.25) is 4.77 Å². The zero-order valence-electron chi connectivity index (χ0n) is 15.6. The topological polar surface area (TPSA) is 108 Å². The van der Waals surface area contributed by atoms with E-state index in [9.17, 15) is 10.1 Å². The molecule has 10 heteroatoms. The van der Waals surface area contributed by atoms with Crippen LogP contribution >= 0.6 is 12.2 Å². The Morgan fingerprint density at radius 2 is 2.07 bits per heavy atom. The van der Waals surface area contributed by atoms with Gasteiger partial charge in [0.15, 0.2) is 11.6 Å². The lowest BCUT2D eigenvalue weighted by atomic mass is 10.2. The van der Waals surface area contributed by atoms with Crippen molar-refractivity contribution in [2.75, 3.05) is 6.61 Å². The smallest absolute Gasteiger partial charge is 0.311 e. The third-order valence-electron chi connectivity index (χ3n) is 3.79. The van der Waals surface area contributed by atoms with Crippen LogP contribution in [0.15, 0.2) is 53.6 Å².